The predicted molar refractivity (Wildman–Crippen MR) is 160 cm³/mol. The van der Waals surface area contributed by atoms with Gasteiger partial charge in [-0.05, 0) is 48.9 Å². The quantitative estimate of drug-likeness (QED) is 0.163. The van der Waals surface area contributed by atoms with Crippen LogP contribution in [0.25, 0.3) is 10.3 Å². The van der Waals surface area contributed by atoms with E-state index in [0.717, 1.165) is 31.2 Å². The monoisotopic (exact) mass is 698 g/mol. The van der Waals surface area contributed by atoms with Crippen molar-refractivity contribution >= 4 is 71.3 Å². The molecule has 2 atom stereocenters. The first-order valence-electron chi connectivity index (χ1n) is 13.2. The Balaban J connectivity index is 1.39. The number of ether oxygens (including phenoxy) is 1. The highest BCUT2D eigenvalue weighted by Crippen LogP contribution is 2.43. The molecule has 2 aromatic heterocycles. The molecule has 1 aromatic carbocycles. The second-order valence-corrected chi connectivity index (χ2v) is 15.2. The van der Waals surface area contributed by atoms with E-state index in [2.05, 4.69) is 15.3 Å². The van der Waals surface area contributed by atoms with Gasteiger partial charge in [-0.25, -0.2) is 18.4 Å². The number of carboxylic acid groups (broad SMARTS) is 1. The van der Waals surface area contributed by atoms with Crippen LogP contribution in [0.2, 0.25) is 0 Å². The number of halogens is 1. The Labute approximate surface area is 250 Å². The highest BCUT2D eigenvalue weighted by Gasteiger charge is 2.47. The van der Waals surface area contributed by atoms with Crippen molar-refractivity contribution in [1.82, 2.24) is 14.3 Å². The first-order chi connectivity index (χ1) is 19.1. The summed E-state index contributed by atoms with van der Waals surface area (Å²) in [5, 5.41) is 12.8. The molecule has 1 saturated carbocycles. The van der Waals surface area contributed by atoms with Gasteiger partial charge in [-0.2, -0.15) is 4.31 Å². The van der Waals surface area contributed by atoms with Crippen molar-refractivity contribution in [2.24, 2.45) is 5.92 Å². The van der Waals surface area contributed by atoms with Crippen molar-refractivity contribution in [3.63, 3.8) is 0 Å². The van der Waals surface area contributed by atoms with E-state index < -0.39 is 25.5 Å². The number of aromatic nitrogens is 2. The van der Waals surface area contributed by atoms with E-state index in [1.807, 2.05) is 22.6 Å². The number of pyridine rings is 1. The van der Waals surface area contributed by atoms with Gasteiger partial charge in [0.15, 0.2) is 5.13 Å². The summed E-state index contributed by atoms with van der Waals surface area (Å²) in [5.74, 6) is -0.811. The van der Waals surface area contributed by atoms with Gasteiger partial charge in [-0.15, -0.1) is 0 Å². The summed E-state index contributed by atoms with van der Waals surface area (Å²) < 4.78 is 32.5. The van der Waals surface area contributed by atoms with E-state index in [-0.39, 0.29) is 23.8 Å². The summed E-state index contributed by atoms with van der Waals surface area (Å²) in [6.07, 6.45) is 5.91. The number of rotatable bonds is 10. The zero-order valence-corrected chi connectivity index (χ0v) is 25.8. The zero-order chi connectivity index (χ0) is 28.5. The van der Waals surface area contributed by atoms with Crippen molar-refractivity contribution in [2.75, 3.05) is 19.0 Å². The summed E-state index contributed by atoms with van der Waals surface area (Å²) in [4.78, 5) is 34.7. The number of sulfonamides is 1. The number of carboxylic acids is 1. The number of anilines is 1. The van der Waals surface area contributed by atoms with Gasteiger partial charge in [-0.3, -0.25) is 9.59 Å². The molecule has 13 heteroatoms. The van der Waals surface area contributed by atoms with Crippen LogP contribution in [0.5, 0.6) is 5.88 Å². The van der Waals surface area contributed by atoms with Crippen molar-refractivity contribution in [3.05, 3.63) is 42.0 Å². The second-order valence-electron chi connectivity index (χ2n) is 10.4. The topological polar surface area (TPSA) is 139 Å². The Hall–Kier alpha value is -2.36. The highest BCUT2D eigenvalue weighted by atomic mass is 127. The molecule has 10 nitrogen and oxygen atoms in total. The number of nitrogens with one attached hydrogen (secondary N) is 1. The largest absolute Gasteiger partial charge is 0.481 e. The fraction of sp³-hybridized carbons (Fsp3) is 0.481. The van der Waals surface area contributed by atoms with Gasteiger partial charge in [0.25, 0.3) is 0 Å². The molecule has 1 amide bonds. The molecule has 0 spiro atoms. The van der Waals surface area contributed by atoms with Gasteiger partial charge in [0, 0.05) is 12.6 Å². The number of hydrogen-bond acceptors (Lipinski definition) is 8. The maximum absolute atomic E-state index is 13.6. The summed E-state index contributed by atoms with van der Waals surface area (Å²) in [7, 11) is -2.37. The molecule has 2 N–H and O–H groups in total. The van der Waals surface area contributed by atoms with Gasteiger partial charge in [0.2, 0.25) is 21.8 Å². The fourth-order valence-electron chi connectivity index (χ4n) is 5.70. The smallest absolute Gasteiger partial charge is 0.306 e. The van der Waals surface area contributed by atoms with Crippen LogP contribution in [0, 0.1) is 5.92 Å². The molecule has 40 heavy (non-hydrogen) atoms. The molecule has 3 heterocycles. The Morgan fingerprint density at radius 2 is 1.90 bits per heavy atom. The molecule has 1 aliphatic heterocycles. The SMILES string of the molecule is COc1ccc2nc(NC(=O)C(CC3CCCC3)c3ccc(S(=O)(=O)N4CCCC4(I)CC(=O)O)cc3)sc2n1. The summed E-state index contributed by atoms with van der Waals surface area (Å²) in [6.45, 7) is 0.274. The number of carbonyl (C=O) groups is 2. The van der Waals surface area contributed by atoms with Crippen LogP contribution < -0.4 is 10.1 Å². The van der Waals surface area contributed by atoms with Gasteiger partial charge < -0.3 is 15.2 Å². The Bertz CT molecular complexity index is 1510. The van der Waals surface area contributed by atoms with E-state index in [0.29, 0.717) is 46.5 Å². The van der Waals surface area contributed by atoms with Gasteiger partial charge in [0.05, 0.1) is 27.9 Å². The summed E-state index contributed by atoms with van der Waals surface area (Å²) in [6, 6.07) is 9.99. The van der Waals surface area contributed by atoms with Crippen molar-refractivity contribution in [3.8, 4) is 5.88 Å². The van der Waals surface area contributed by atoms with E-state index in [9.17, 15) is 23.1 Å². The molecule has 5 rings (SSSR count). The van der Waals surface area contributed by atoms with Crippen LogP contribution in [0.4, 0.5) is 5.13 Å². The molecular formula is C27H31IN4O6S2. The first-order valence-corrected chi connectivity index (χ1v) is 16.6. The van der Waals surface area contributed by atoms with E-state index >= 15 is 0 Å². The van der Waals surface area contributed by atoms with Gasteiger partial charge >= 0.3 is 5.97 Å². The number of thiazole rings is 1. The minimum absolute atomic E-state index is 0.0933. The molecule has 2 unspecified atom stereocenters. The lowest BCUT2D eigenvalue weighted by molar-refractivity contribution is -0.138. The average molecular weight is 699 g/mol. The van der Waals surface area contributed by atoms with Crippen LogP contribution in [-0.2, 0) is 19.6 Å². The lowest BCUT2D eigenvalue weighted by Crippen LogP contribution is -2.43. The first kappa shape index (κ1) is 29.1. The summed E-state index contributed by atoms with van der Waals surface area (Å²) >= 11 is 3.24. The number of aliphatic carboxylic acids is 1. The third-order valence-corrected chi connectivity index (χ3v) is 12.4. The molecule has 1 aliphatic carbocycles. The molecule has 214 valence electrons. The lowest BCUT2D eigenvalue weighted by atomic mass is 9.87. The number of methoxy groups -OCH3 is 1. The van der Waals surface area contributed by atoms with Crippen LogP contribution in [0.15, 0.2) is 41.3 Å². The van der Waals surface area contributed by atoms with Crippen LogP contribution in [0.1, 0.15) is 62.8 Å². The van der Waals surface area contributed by atoms with Crippen molar-refractivity contribution in [2.45, 2.75) is 65.7 Å². The minimum Gasteiger partial charge on any atom is -0.481 e. The summed E-state index contributed by atoms with van der Waals surface area (Å²) in [5.41, 5.74) is 1.40. The Kier molecular flexibility index (Phi) is 8.64. The molecular weight excluding hydrogens is 667 g/mol. The van der Waals surface area contributed by atoms with Gasteiger partial charge in [0.1, 0.15) is 10.3 Å². The number of hydrogen-bond donors (Lipinski definition) is 2. The van der Waals surface area contributed by atoms with E-state index in [1.165, 1.54) is 27.8 Å². The molecule has 2 fully saturated rings. The van der Waals surface area contributed by atoms with Crippen LogP contribution in [-0.4, -0.2) is 56.9 Å². The Morgan fingerprint density at radius 3 is 2.58 bits per heavy atom. The number of benzene rings is 1. The number of alkyl halides is 1. The van der Waals surface area contributed by atoms with E-state index in [4.69, 9.17) is 4.74 Å². The Morgan fingerprint density at radius 1 is 1.18 bits per heavy atom. The average Bonchev–Trinajstić information content (AvgIpc) is 3.66. The molecule has 2 aliphatic rings. The zero-order valence-electron chi connectivity index (χ0n) is 22.0. The molecule has 0 radical (unpaired) electrons. The third kappa shape index (κ3) is 6.11. The predicted octanol–water partition coefficient (Wildman–Crippen LogP) is 5.39. The number of nitrogens with zero attached hydrogens (tertiary/aromatic N) is 3. The molecule has 3 aromatic rings. The lowest BCUT2D eigenvalue weighted by Gasteiger charge is -2.31. The van der Waals surface area contributed by atoms with E-state index in [1.54, 1.807) is 31.4 Å². The maximum Gasteiger partial charge on any atom is 0.306 e. The highest BCUT2D eigenvalue weighted by molar-refractivity contribution is 14.1. The standard InChI is InChI=1S/C27H31IN4O6S2/c1-38-22-12-11-21-25(30-22)39-26(29-21)31-24(35)20(15-17-5-2-3-6-17)18-7-9-19(10-8-18)40(36,37)32-14-4-13-27(32,28)16-23(33)34/h7-12,17,20H,2-6,13-16H2,1H3,(H,33,34)(H,29,31,35). The van der Waals surface area contributed by atoms with Crippen molar-refractivity contribution < 1.29 is 27.9 Å². The van der Waals surface area contributed by atoms with Crippen LogP contribution in [0.3, 0.4) is 0 Å². The molecule has 0 bridgehead atoms. The minimum atomic E-state index is -3.91. The fourth-order valence-corrected chi connectivity index (χ4v) is 9.95. The van der Waals surface area contributed by atoms with Gasteiger partial charge in [-0.1, -0.05) is 71.7 Å². The number of carbonyl (C=O) groups excluding carboxylic acids is 1. The third-order valence-electron chi connectivity index (χ3n) is 7.69. The number of fused-ring (bicyclic) bond motifs is 1. The van der Waals surface area contributed by atoms with Crippen LogP contribution >= 0.6 is 33.9 Å². The maximum atomic E-state index is 13.6. The molecule has 1 saturated heterocycles. The van der Waals surface area contributed by atoms with Crippen molar-refractivity contribution in [1.29, 1.82) is 0 Å². The number of amides is 1. The normalized spacial score (nSPS) is 21.1. The second kappa shape index (κ2) is 11.9.